The third-order valence-corrected chi connectivity index (χ3v) is 6.39. The molecular weight excluding hydrogens is 435 g/mol. The molecule has 1 aliphatic rings. The Bertz CT molecular complexity index is 837. The van der Waals surface area contributed by atoms with Crippen LogP contribution >= 0.6 is 11.3 Å². The third kappa shape index (κ3) is 7.22. The lowest BCUT2D eigenvalue weighted by atomic mass is 9.95. The van der Waals surface area contributed by atoms with Crippen molar-refractivity contribution < 1.29 is 26.7 Å². The second-order valence-electron chi connectivity index (χ2n) is 7.98. The molecule has 0 bridgehead atoms. The highest BCUT2D eigenvalue weighted by Gasteiger charge is 2.29. The second kappa shape index (κ2) is 11.3. The van der Waals surface area contributed by atoms with Gasteiger partial charge in [-0.05, 0) is 56.8 Å². The number of aromatic nitrogens is 1. The molecule has 0 amide bonds. The van der Waals surface area contributed by atoms with Crippen molar-refractivity contribution in [3.63, 3.8) is 0 Å². The fourth-order valence-corrected chi connectivity index (χ4v) is 4.50. The van der Waals surface area contributed by atoms with Crippen LogP contribution in [-0.4, -0.2) is 30.6 Å². The number of hydrogen-bond acceptors (Lipinski definition) is 4. The quantitative estimate of drug-likeness (QED) is 0.255. The van der Waals surface area contributed by atoms with E-state index in [1.165, 1.54) is 0 Å². The summed E-state index contributed by atoms with van der Waals surface area (Å²) in [5, 5.41) is 5.12. The fourth-order valence-electron chi connectivity index (χ4n) is 3.68. The highest BCUT2D eigenvalue weighted by atomic mass is 32.1. The molecule has 1 aromatic heterocycles. The molecule has 0 aliphatic carbocycles. The zero-order chi connectivity index (χ0) is 22.3. The Hall–Kier alpha value is -1.58. The minimum atomic E-state index is -2.70. The molecule has 1 fully saturated rings. The van der Waals surface area contributed by atoms with Crippen molar-refractivity contribution in [3.8, 4) is 10.6 Å². The van der Waals surface area contributed by atoms with Crippen LogP contribution in [0.1, 0.15) is 50.6 Å². The monoisotopic (exact) mass is 462 g/mol. The summed E-state index contributed by atoms with van der Waals surface area (Å²) in [7, 11) is 0. The van der Waals surface area contributed by atoms with Gasteiger partial charge in [0, 0.05) is 30.4 Å². The van der Waals surface area contributed by atoms with Gasteiger partial charge in [-0.3, -0.25) is 0 Å². The van der Waals surface area contributed by atoms with Crippen LogP contribution in [0.15, 0.2) is 17.5 Å². The Morgan fingerprint density at radius 3 is 2.81 bits per heavy atom. The highest BCUT2D eigenvalue weighted by Crippen LogP contribution is 2.31. The lowest BCUT2D eigenvalue weighted by molar-refractivity contribution is -0.0304. The molecule has 3 rings (SSSR count). The van der Waals surface area contributed by atoms with Gasteiger partial charge in [0.05, 0.1) is 12.3 Å². The van der Waals surface area contributed by atoms with E-state index in [4.69, 9.17) is 4.74 Å². The standard InChI is InChI=1S/C22H27F5N2OS/c23-18-6-5-17(19(24)20(18)25)21-29-16(14-31-21)13-30-11-3-8-22(26,27)9-7-15-4-1-2-10-28-12-15/h5-6,14-15,28H,1-4,7-13H2. The van der Waals surface area contributed by atoms with Gasteiger partial charge in [-0.25, -0.2) is 26.9 Å². The predicted molar refractivity (Wildman–Crippen MR) is 111 cm³/mol. The van der Waals surface area contributed by atoms with Crippen LogP contribution in [0.2, 0.25) is 0 Å². The summed E-state index contributed by atoms with van der Waals surface area (Å²) in [6, 6.07) is 1.97. The molecule has 1 N–H and O–H groups in total. The number of hydrogen-bond donors (Lipinski definition) is 1. The van der Waals surface area contributed by atoms with Crippen LogP contribution in [0.25, 0.3) is 10.6 Å². The van der Waals surface area contributed by atoms with E-state index in [-0.39, 0.29) is 43.0 Å². The van der Waals surface area contributed by atoms with E-state index in [1.54, 1.807) is 5.38 Å². The minimum absolute atomic E-state index is 0.0844. The van der Waals surface area contributed by atoms with Gasteiger partial charge < -0.3 is 10.1 Å². The van der Waals surface area contributed by atoms with Gasteiger partial charge >= 0.3 is 0 Å². The van der Waals surface area contributed by atoms with Crippen LogP contribution in [0.3, 0.4) is 0 Å². The number of ether oxygens (including phenoxy) is 1. The van der Waals surface area contributed by atoms with Gasteiger partial charge in [0.2, 0.25) is 5.92 Å². The Morgan fingerprint density at radius 2 is 1.97 bits per heavy atom. The molecule has 9 heteroatoms. The number of nitrogens with one attached hydrogen (secondary N) is 1. The van der Waals surface area contributed by atoms with Crippen molar-refractivity contribution in [2.45, 2.75) is 57.5 Å². The molecule has 2 aromatic rings. The first-order valence-electron chi connectivity index (χ1n) is 10.6. The number of rotatable bonds is 10. The number of benzene rings is 1. The summed E-state index contributed by atoms with van der Waals surface area (Å²) < 4.78 is 74.0. The Balaban J connectivity index is 1.37. The summed E-state index contributed by atoms with van der Waals surface area (Å²) in [4.78, 5) is 4.16. The first-order valence-corrected chi connectivity index (χ1v) is 11.5. The molecule has 0 spiro atoms. The van der Waals surface area contributed by atoms with Crippen LogP contribution in [0.4, 0.5) is 22.0 Å². The van der Waals surface area contributed by atoms with Crippen molar-refractivity contribution in [2.24, 2.45) is 5.92 Å². The van der Waals surface area contributed by atoms with Gasteiger partial charge in [0.25, 0.3) is 0 Å². The summed E-state index contributed by atoms with van der Waals surface area (Å²) in [6.45, 7) is 2.04. The normalized spacial score (nSPS) is 17.6. The zero-order valence-corrected chi connectivity index (χ0v) is 18.1. The van der Waals surface area contributed by atoms with Crippen LogP contribution in [-0.2, 0) is 11.3 Å². The molecule has 172 valence electrons. The zero-order valence-electron chi connectivity index (χ0n) is 17.2. The van der Waals surface area contributed by atoms with Crippen molar-refractivity contribution in [1.29, 1.82) is 0 Å². The maximum Gasteiger partial charge on any atom is 0.248 e. The Kier molecular flexibility index (Phi) is 8.80. The maximum atomic E-state index is 14.1. The lowest BCUT2D eigenvalue weighted by Crippen LogP contribution is -2.24. The van der Waals surface area contributed by atoms with E-state index in [9.17, 15) is 22.0 Å². The molecule has 0 radical (unpaired) electrons. The topological polar surface area (TPSA) is 34.1 Å². The predicted octanol–water partition coefficient (Wildman–Crippen LogP) is 6.33. The first kappa shape index (κ1) is 24.1. The van der Waals surface area contributed by atoms with Crippen LogP contribution in [0, 0.1) is 23.4 Å². The van der Waals surface area contributed by atoms with Crippen LogP contribution in [0.5, 0.6) is 0 Å². The average molecular weight is 463 g/mol. The van der Waals surface area contributed by atoms with Gasteiger partial charge in [0.1, 0.15) is 5.01 Å². The SMILES string of the molecule is Fc1ccc(-c2nc(COCCCC(F)(F)CCC3CCCCNC3)cs2)c(F)c1F. The molecule has 0 saturated carbocycles. The molecule has 2 heterocycles. The minimum Gasteiger partial charge on any atom is -0.375 e. The Labute approximate surface area is 183 Å². The lowest BCUT2D eigenvalue weighted by Gasteiger charge is -2.20. The van der Waals surface area contributed by atoms with E-state index in [0.29, 0.717) is 18.0 Å². The summed E-state index contributed by atoms with van der Waals surface area (Å²) >= 11 is 1.08. The summed E-state index contributed by atoms with van der Waals surface area (Å²) in [5.41, 5.74) is 0.357. The van der Waals surface area contributed by atoms with Gasteiger partial charge in [-0.1, -0.05) is 6.42 Å². The average Bonchev–Trinajstić information content (AvgIpc) is 3.04. The molecule has 1 saturated heterocycles. The summed E-state index contributed by atoms with van der Waals surface area (Å²) in [5.74, 6) is -6.47. The smallest absolute Gasteiger partial charge is 0.248 e. The maximum absolute atomic E-state index is 14.1. The number of thiazole rings is 1. The van der Waals surface area contributed by atoms with Gasteiger partial charge in [-0.2, -0.15) is 0 Å². The van der Waals surface area contributed by atoms with Crippen molar-refractivity contribution >= 4 is 11.3 Å². The van der Waals surface area contributed by atoms with Gasteiger partial charge in [-0.15, -0.1) is 11.3 Å². The third-order valence-electron chi connectivity index (χ3n) is 5.47. The van der Waals surface area contributed by atoms with Crippen molar-refractivity contribution in [2.75, 3.05) is 19.7 Å². The highest BCUT2D eigenvalue weighted by molar-refractivity contribution is 7.13. The number of alkyl halides is 2. The van der Waals surface area contributed by atoms with Crippen LogP contribution < -0.4 is 5.32 Å². The Morgan fingerprint density at radius 1 is 1.13 bits per heavy atom. The number of halogens is 5. The second-order valence-corrected chi connectivity index (χ2v) is 8.84. The summed E-state index contributed by atoms with van der Waals surface area (Å²) in [6.07, 6.45) is 3.65. The van der Waals surface area contributed by atoms with Crippen molar-refractivity contribution in [1.82, 2.24) is 10.3 Å². The molecule has 31 heavy (non-hydrogen) atoms. The molecule has 1 unspecified atom stereocenters. The van der Waals surface area contributed by atoms with E-state index >= 15 is 0 Å². The van der Waals surface area contributed by atoms with Gasteiger partial charge in [0.15, 0.2) is 17.5 Å². The van der Waals surface area contributed by atoms with E-state index in [0.717, 1.165) is 55.8 Å². The van der Waals surface area contributed by atoms with E-state index in [1.807, 2.05) is 0 Å². The largest absolute Gasteiger partial charge is 0.375 e. The van der Waals surface area contributed by atoms with E-state index in [2.05, 4.69) is 10.3 Å². The van der Waals surface area contributed by atoms with E-state index < -0.39 is 23.4 Å². The molecule has 1 aliphatic heterocycles. The molecule has 3 nitrogen and oxygen atoms in total. The first-order chi connectivity index (χ1) is 14.9. The van der Waals surface area contributed by atoms with Crippen molar-refractivity contribution in [3.05, 3.63) is 40.7 Å². The number of nitrogens with zero attached hydrogens (tertiary/aromatic N) is 1. The molecule has 1 aromatic carbocycles. The molecule has 1 atom stereocenters. The fraction of sp³-hybridized carbons (Fsp3) is 0.591. The molecular formula is C22H27F5N2OS.